The zero-order chi connectivity index (χ0) is 13.6. The minimum Gasteiger partial charge on any atom is -0.392 e. The Morgan fingerprint density at radius 2 is 2.18 bits per heavy atom. The van der Waals surface area contributed by atoms with E-state index in [0.717, 1.165) is 0 Å². The van der Waals surface area contributed by atoms with Crippen molar-refractivity contribution in [1.29, 1.82) is 0 Å². The fourth-order valence-electron chi connectivity index (χ4n) is 1.50. The molecule has 0 fully saturated rings. The summed E-state index contributed by atoms with van der Waals surface area (Å²) in [6.07, 6.45) is -0.173. The topological polar surface area (TPSA) is 75.8 Å². The number of methoxy groups -OCH3 is 1. The minimum absolute atomic E-state index is 0.178. The van der Waals surface area contributed by atoms with Crippen LogP contribution < -0.4 is 5.73 Å². The molecule has 0 heterocycles. The largest absolute Gasteiger partial charge is 0.392 e. The number of aliphatic hydroxyl groups is 1. The Hall–Kier alpha value is -0.720. The summed E-state index contributed by atoms with van der Waals surface area (Å²) in [5.41, 5.74) is 4.76. The van der Waals surface area contributed by atoms with Crippen molar-refractivity contribution in [1.82, 2.24) is 4.90 Å². The van der Waals surface area contributed by atoms with Crippen molar-refractivity contribution >= 4 is 23.1 Å². The van der Waals surface area contributed by atoms with Gasteiger partial charge in [-0.1, -0.05) is 19.1 Å². The van der Waals surface area contributed by atoms with Crippen LogP contribution in [0, 0.1) is 5.41 Å². The van der Waals surface area contributed by atoms with Crippen LogP contribution in [0.4, 0.5) is 0 Å². The Morgan fingerprint density at radius 1 is 1.65 bits per heavy atom. The average Bonchev–Trinajstić information content (AvgIpc) is 2.26. The molecule has 0 saturated carbocycles. The van der Waals surface area contributed by atoms with Gasteiger partial charge < -0.3 is 20.5 Å². The number of thiocarbonyl (C=S) groups is 1. The fourth-order valence-corrected chi connectivity index (χ4v) is 1.73. The molecule has 0 aromatic heterocycles. The SMILES string of the molecule is CCC(C)(C(=O)N(C)CC(O)COC)C(N)=S. The first-order valence-electron chi connectivity index (χ1n) is 5.52. The molecule has 1 amide bonds. The lowest BCUT2D eigenvalue weighted by atomic mass is 9.86. The molecule has 6 heteroatoms. The number of hydrogen-bond acceptors (Lipinski definition) is 4. The Morgan fingerprint density at radius 3 is 2.53 bits per heavy atom. The highest BCUT2D eigenvalue weighted by atomic mass is 32.1. The summed E-state index contributed by atoms with van der Waals surface area (Å²) in [5.74, 6) is -0.178. The summed E-state index contributed by atoms with van der Waals surface area (Å²) in [5, 5.41) is 9.56. The summed E-state index contributed by atoms with van der Waals surface area (Å²) < 4.78 is 4.81. The molecule has 17 heavy (non-hydrogen) atoms. The third-order valence-electron chi connectivity index (χ3n) is 2.91. The first-order valence-corrected chi connectivity index (χ1v) is 5.92. The predicted molar refractivity (Wildman–Crippen MR) is 70.7 cm³/mol. The molecule has 3 N–H and O–H groups in total. The Kier molecular flexibility index (Phi) is 6.59. The summed E-state index contributed by atoms with van der Waals surface area (Å²) in [6.45, 7) is 3.96. The van der Waals surface area contributed by atoms with Gasteiger partial charge >= 0.3 is 0 Å². The maximum Gasteiger partial charge on any atom is 0.235 e. The monoisotopic (exact) mass is 262 g/mol. The first-order chi connectivity index (χ1) is 7.79. The van der Waals surface area contributed by atoms with E-state index in [2.05, 4.69) is 0 Å². The molecule has 5 nitrogen and oxygen atoms in total. The van der Waals surface area contributed by atoms with E-state index >= 15 is 0 Å². The standard InChI is InChI=1S/C11H22N2O3S/c1-5-11(2,9(12)17)10(15)13(3)6-8(14)7-16-4/h8,14H,5-7H2,1-4H3,(H2,12,17). The number of nitrogens with zero attached hydrogens (tertiary/aromatic N) is 1. The number of nitrogens with two attached hydrogens (primary N) is 1. The van der Waals surface area contributed by atoms with Gasteiger partial charge in [0.15, 0.2) is 0 Å². The van der Waals surface area contributed by atoms with Crippen LogP contribution in [0.25, 0.3) is 0 Å². The molecule has 0 spiro atoms. The molecule has 0 bridgehead atoms. The Balaban J connectivity index is 4.63. The predicted octanol–water partition coefficient (Wildman–Crippen LogP) is 0.154. The summed E-state index contributed by atoms with van der Waals surface area (Å²) in [4.78, 5) is 13.8. The molecule has 0 aromatic carbocycles. The molecule has 0 aromatic rings. The van der Waals surface area contributed by atoms with Crippen molar-refractivity contribution in [3.05, 3.63) is 0 Å². The van der Waals surface area contributed by atoms with Crippen molar-refractivity contribution in [3.8, 4) is 0 Å². The van der Waals surface area contributed by atoms with Crippen molar-refractivity contribution in [3.63, 3.8) is 0 Å². The Bertz CT molecular complexity index is 286. The van der Waals surface area contributed by atoms with E-state index in [-0.39, 0.29) is 24.0 Å². The summed E-state index contributed by atoms with van der Waals surface area (Å²) in [7, 11) is 3.11. The van der Waals surface area contributed by atoms with Gasteiger partial charge in [0.1, 0.15) is 0 Å². The second-order valence-electron chi connectivity index (χ2n) is 4.34. The second kappa shape index (κ2) is 6.88. The fraction of sp³-hybridized carbons (Fsp3) is 0.818. The van der Waals surface area contributed by atoms with Crippen LogP contribution in [-0.4, -0.2) is 54.3 Å². The average molecular weight is 262 g/mol. The van der Waals surface area contributed by atoms with Gasteiger partial charge in [-0.3, -0.25) is 4.79 Å². The van der Waals surface area contributed by atoms with E-state index in [0.29, 0.717) is 6.42 Å². The third kappa shape index (κ3) is 4.22. The van der Waals surface area contributed by atoms with Gasteiger partial charge in [0, 0.05) is 20.7 Å². The van der Waals surface area contributed by atoms with Crippen LogP contribution in [0.1, 0.15) is 20.3 Å². The molecule has 0 aliphatic rings. The molecular weight excluding hydrogens is 240 g/mol. The number of carbonyl (C=O) groups excluding carboxylic acids is 1. The number of likely N-dealkylation sites (N-methyl/N-ethyl adjacent to an activating group) is 1. The van der Waals surface area contributed by atoms with Crippen molar-refractivity contribution in [2.75, 3.05) is 27.3 Å². The van der Waals surface area contributed by atoms with Crippen molar-refractivity contribution < 1.29 is 14.6 Å². The highest BCUT2D eigenvalue weighted by Gasteiger charge is 2.37. The summed E-state index contributed by atoms with van der Waals surface area (Å²) >= 11 is 4.93. The first kappa shape index (κ1) is 16.3. The highest BCUT2D eigenvalue weighted by Crippen LogP contribution is 2.24. The molecule has 100 valence electrons. The number of hydrogen-bond donors (Lipinski definition) is 2. The third-order valence-corrected chi connectivity index (χ3v) is 3.36. The lowest BCUT2D eigenvalue weighted by Gasteiger charge is -2.31. The number of carbonyl (C=O) groups is 1. The molecule has 2 unspecified atom stereocenters. The molecule has 0 radical (unpaired) electrons. The van der Waals surface area contributed by atoms with Gasteiger partial charge in [-0.15, -0.1) is 0 Å². The van der Waals surface area contributed by atoms with E-state index in [9.17, 15) is 9.90 Å². The number of ether oxygens (including phenoxy) is 1. The van der Waals surface area contributed by atoms with Crippen LogP contribution in [-0.2, 0) is 9.53 Å². The normalized spacial score (nSPS) is 16.1. The molecule has 0 aliphatic carbocycles. The van der Waals surface area contributed by atoms with Crippen molar-refractivity contribution in [2.45, 2.75) is 26.4 Å². The molecular formula is C11H22N2O3S. The molecule has 2 atom stereocenters. The van der Waals surface area contributed by atoms with Crippen LogP contribution >= 0.6 is 12.2 Å². The lowest BCUT2D eigenvalue weighted by molar-refractivity contribution is -0.138. The van der Waals surface area contributed by atoms with Crippen molar-refractivity contribution in [2.24, 2.45) is 11.1 Å². The maximum atomic E-state index is 12.2. The summed E-state index contributed by atoms with van der Waals surface area (Å²) in [6, 6.07) is 0. The number of amides is 1. The van der Waals surface area contributed by atoms with Gasteiger partial charge in [0.05, 0.1) is 23.1 Å². The van der Waals surface area contributed by atoms with Crippen LogP contribution in [0.15, 0.2) is 0 Å². The molecule has 0 saturated heterocycles. The van der Waals surface area contributed by atoms with Crippen LogP contribution in [0.3, 0.4) is 0 Å². The smallest absolute Gasteiger partial charge is 0.235 e. The van der Waals surface area contributed by atoms with Gasteiger partial charge in [0.25, 0.3) is 0 Å². The van der Waals surface area contributed by atoms with E-state index in [4.69, 9.17) is 22.7 Å². The van der Waals surface area contributed by atoms with E-state index in [1.807, 2.05) is 6.92 Å². The van der Waals surface area contributed by atoms with E-state index in [1.165, 1.54) is 12.0 Å². The zero-order valence-electron chi connectivity index (χ0n) is 10.9. The molecule has 0 rings (SSSR count). The quantitative estimate of drug-likeness (QED) is 0.639. The van der Waals surface area contributed by atoms with Gasteiger partial charge in [-0.05, 0) is 13.3 Å². The van der Waals surface area contributed by atoms with Gasteiger partial charge in [-0.25, -0.2) is 0 Å². The zero-order valence-corrected chi connectivity index (χ0v) is 11.7. The minimum atomic E-state index is -0.850. The van der Waals surface area contributed by atoms with E-state index < -0.39 is 11.5 Å². The van der Waals surface area contributed by atoms with Crippen LogP contribution in [0.2, 0.25) is 0 Å². The molecule has 0 aliphatic heterocycles. The van der Waals surface area contributed by atoms with Crippen LogP contribution in [0.5, 0.6) is 0 Å². The van der Waals surface area contributed by atoms with E-state index in [1.54, 1.807) is 14.0 Å². The number of aliphatic hydroxyl groups excluding tert-OH is 1. The highest BCUT2D eigenvalue weighted by molar-refractivity contribution is 7.80. The van der Waals surface area contributed by atoms with Gasteiger partial charge in [-0.2, -0.15) is 0 Å². The van der Waals surface area contributed by atoms with Gasteiger partial charge in [0.2, 0.25) is 5.91 Å². The second-order valence-corrected chi connectivity index (χ2v) is 4.78. The Labute approximate surface area is 108 Å². The maximum absolute atomic E-state index is 12.2. The lowest BCUT2D eigenvalue weighted by Crippen LogP contribution is -2.49. The number of rotatable bonds is 7.